The molecule has 0 bridgehead atoms. The van der Waals surface area contributed by atoms with Crippen molar-refractivity contribution in [2.75, 3.05) is 0 Å². The maximum absolute atomic E-state index is 11.7. The van der Waals surface area contributed by atoms with Gasteiger partial charge in [0, 0.05) is 30.4 Å². The predicted molar refractivity (Wildman–Crippen MR) is 75.9 cm³/mol. The maximum atomic E-state index is 11.7. The minimum atomic E-state index is 0.0387. The van der Waals surface area contributed by atoms with E-state index in [2.05, 4.69) is 10.3 Å². The van der Waals surface area contributed by atoms with Gasteiger partial charge in [0.05, 0.1) is 0 Å². The first-order chi connectivity index (χ1) is 9.24. The van der Waals surface area contributed by atoms with Crippen molar-refractivity contribution in [1.29, 1.82) is 0 Å². The van der Waals surface area contributed by atoms with Gasteiger partial charge in [0.25, 0.3) is 0 Å². The Morgan fingerprint density at radius 3 is 2.68 bits per heavy atom. The lowest BCUT2D eigenvalue weighted by atomic mass is 10.1. The zero-order valence-corrected chi connectivity index (χ0v) is 11.2. The van der Waals surface area contributed by atoms with Crippen molar-refractivity contribution in [3.8, 4) is 0 Å². The van der Waals surface area contributed by atoms with Crippen LogP contribution in [0.3, 0.4) is 0 Å². The van der Waals surface area contributed by atoms with E-state index in [-0.39, 0.29) is 5.91 Å². The first-order valence-electron chi connectivity index (χ1n) is 6.14. The topological polar surface area (TPSA) is 42.0 Å². The van der Waals surface area contributed by atoms with Crippen LogP contribution in [0.5, 0.6) is 0 Å². The van der Waals surface area contributed by atoms with Crippen LogP contribution in [0.25, 0.3) is 0 Å². The van der Waals surface area contributed by atoms with Crippen LogP contribution in [0, 0.1) is 0 Å². The highest BCUT2D eigenvalue weighted by atomic mass is 35.5. The van der Waals surface area contributed by atoms with Gasteiger partial charge < -0.3 is 5.32 Å². The normalized spacial score (nSPS) is 10.2. The van der Waals surface area contributed by atoms with Gasteiger partial charge in [0.2, 0.25) is 5.91 Å². The molecule has 1 aromatic carbocycles. The zero-order valence-electron chi connectivity index (χ0n) is 10.5. The van der Waals surface area contributed by atoms with Crippen molar-refractivity contribution in [1.82, 2.24) is 10.3 Å². The minimum Gasteiger partial charge on any atom is -0.352 e. The van der Waals surface area contributed by atoms with E-state index in [1.165, 1.54) is 0 Å². The monoisotopic (exact) mass is 274 g/mol. The molecular weight excluding hydrogens is 260 g/mol. The van der Waals surface area contributed by atoms with Crippen LogP contribution >= 0.6 is 11.6 Å². The van der Waals surface area contributed by atoms with Gasteiger partial charge in [-0.3, -0.25) is 9.78 Å². The molecule has 0 aliphatic heterocycles. The van der Waals surface area contributed by atoms with Crippen LogP contribution in [-0.2, 0) is 17.8 Å². The number of hydrogen-bond acceptors (Lipinski definition) is 2. The number of nitrogens with zero attached hydrogens (tertiary/aromatic N) is 1. The molecule has 2 aromatic rings. The lowest BCUT2D eigenvalue weighted by molar-refractivity contribution is -0.121. The smallest absolute Gasteiger partial charge is 0.220 e. The summed E-state index contributed by atoms with van der Waals surface area (Å²) >= 11 is 5.89. The number of aryl methyl sites for hydroxylation is 1. The Hall–Kier alpha value is -1.87. The van der Waals surface area contributed by atoms with Crippen molar-refractivity contribution in [2.24, 2.45) is 0 Å². The highest BCUT2D eigenvalue weighted by molar-refractivity contribution is 6.30. The summed E-state index contributed by atoms with van der Waals surface area (Å²) in [4.78, 5) is 15.6. The number of rotatable bonds is 5. The van der Waals surface area contributed by atoms with Gasteiger partial charge in [-0.2, -0.15) is 0 Å². The van der Waals surface area contributed by atoms with Gasteiger partial charge in [0.15, 0.2) is 0 Å². The SMILES string of the molecule is O=C(CCc1cccc(Cl)c1)NCc1ccncc1. The lowest BCUT2D eigenvalue weighted by Gasteiger charge is -2.05. The molecule has 0 fully saturated rings. The fourth-order valence-electron chi connectivity index (χ4n) is 1.74. The number of carbonyl (C=O) groups excluding carboxylic acids is 1. The maximum Gasteiger partial charge on any atom is 0.220 e. The van der Waals surface area contributed by atoms with Crippen molar-refractivity contribution in [3.05, 3.63) is 64.9 Å². The van der Waals surface area contributed by atoms with Crippen molar-refractivity contribution in [2.45, 2.75) is 19.4 Å². The number of benzene rings is 1. The predicted octanol–water partition coefficient (Wildman–Crippen LogP) is 2.98. The van der Waals surface area contributed by atoms with Crippen molar-refractivity contribution >= 4 is 17.5 Å². The fourth-order valence-corrected chi connectivity index (χ4v) is 1.95. The van der Waals surface area contributed by atoms with Crippen LogP contribution in [0.2, 0.25) is 5.02 Å². The number of hydrogen-bond donors (Lipinski definition) is 1. The summed E-state index contributed by atoms with van der Waals surface area (Å²) < 4.78 is 0. The molecule has 1 N–H and O–H groups in total. The standard InChI is InChI=1S/C15H15ClN2O/c16-14-3-1-2-12(10-14)4-5-15(19)18-11-13-6-8-17-9-7-13/h1-3,6-10H,4-5,11H2,(H,18,19). The number of amides is 1. The molecular formula is C15H15ClN2O. The molecule has 1 aromatic heterocycles. The molecule has 0 spiro atoms. The molecule has 0 unspecified atom stereocenters. The third kappa shape index (κ3) is 4.72. The average Bonchev–Trinajstić information content (AvgIpc) is 2.44. The van der Waals surface area contributed by atoms with E-state index in [1.807, 2.05) is 36.4 Å². The summed E-state index contributed by atoms with van der Waals surface area (Å²) in [5.74, 6) is 0.0387. The van der Waals surface area contributed by atoms with Gasteiger partial charge in [0.1, 0.15) is 0 Å². The third-order valence-corrected chi connectivity index (χ3v) is 3.00. The molecule has 3 nitrogen and oxygen atoms in total. The van der Waals surface area contributed by atoms with Gasteiger partial charge in [-0.15, -0.1) is 0 Å². The number of carbonyl (C=O) groups is 1. The van der Waals surface area contributed by atoms with E-state index in [9.17, 15) is 4.79 Å². The molecule has 98 valence electrons. The van der Waals surface area contributed by atoms with E-state index >= 15 is 0 Å². The van der Waals surface area contributed by atoms with E-state index in [0.29, 0.717) is 24.4 Å². The van der Waals surface area contributed by atoms with E-state index < -0.39 is 0 Å². The highest BCUT2D eigenvalue weighted by Gasteiger charge is 2.02. The second-order valence-corrected chi connectivity index (χ2v) is 4.70. The van der Waals surface area contributed by atoms with Crippen molar-refractivity contribution in [3.63, 3.8) is 0 Å². The second-order valence-electron chi connectivity index (χ2n) is 4.26. The summed E-state index contributed by atoms with van der Waals surface area (Å²) in [6.07, 6.45) is 4.59. The van der Waals surface area contributed by atoms with Crippen LogP contribution in [0.15, 0.2) is 48.8 Å². The average molecular weight is 275 g/mol. The molecule has 4 heteroatoms. The molecule has 1 heterocycles. The minimum absolute atomic E-state index is 0.0387. The molecule has 0 atom stereocenters. The molecule has 0 radical (unpaired) electrons. The summed E-state index contributed by atoms with van der Waals surface area (Å²) in [5, 5.41) is 3.59. The largest absolute Gasteiger partial charge is 0.352 e. The Balaban J connectivity index is 1.76. The first kappa shape index (κ1) is 13.6. The van der Waals surface area contributed by atoms with Gasteiger partial charge in [-0.25, -0.2) is 0 Å². The summed E-state index contributed by atoms with van der Waals surface area (Å²) in [7, 11) is 0. The lowest BCUT2D eigenvalue weighted by Crippen LogP contribution is -2.22. The Bertz CT molecular complexity index is 543. The highest BCUT2D eigenvalue weighted by Crippen LogP contribution is 2.12. The summed E-state index contributed by atoms with van der Waals surface area (Å²) in [6.45, 7) is 0.539. The van der Waals surface area contributed by atoms with E-state index in [4.69, 9.17) is 11.6 Å². The Morgan fingerprint density at radius 2 is 1.95 bits per heavy atom. The molecule has 0 saturated heterocycles. The van der Waals surface area contributed by atoms with Crippen LogP contribution in [0.1, 0.15) is 17.5 Å². The van der Waals surface area contributed by atoms with E-state index in [0.717, 1.165) is 11.1 Å². The third-order valence-electron chi connectivity index (χ3n) is 2.77. The molecule has 1 amide bonds. The first-order valence-corrected chi connectivity index (χ1v) is 6.52. The summed E-state index contributed by atoms with van der Waals surface area (Å²) in [6, 6.07) is 11.4. The number of halogens is 1. The van der Waals surface area contributed by atoms with Gasteiger partial charge in [-0.05, 0) is 41.8 Å². The van der Waals surface area contributed by atoms with Crippen LogP contribution in [0.4, 0.5) is 0 Å². The number of pyridine rings is 1. The van der Waals surface area contributed by atoms with Gasteiger partial charge >= 0.3 is 0 Å². The van der Waals surface area contributed by atoms with Crippen LogP contribution < -0.4 is 5.32 Å². The number of nitrogens with one attached hydrogen (secondary N) is 1. The molecule has 2 rings (SSSR count). The second kappa shape index (κ2) is 6.90. The Labute approximate surface area is 117 Å². The molecule has 0 aliphatic rings. The number of aromatic nitrogens is 1. The van der Waals surface area contributed by atoms with E-state index in [1.54, 1.807) is 12.4 Å². The Kier molecular flexibility index (Phi) is 4.93. The van der Waals surface area contributed by atoms with Crippen LogP contribution in [-0.4, -0.2) is 10.9 Å². The van der Waals surface area contributed by atoms with Crippen molar-refractivity contribution < 1.29 is 4.79 Å². The quantitative estimate of drug-likeness (QED) is 0.911. The molecule has 0 aliphatic carbocycles. The summed E-state index contributed by atoms with van der Waals surface area (Å²) in [5.41, 5.74) is 2.12. The molecule has 0 saturated carbocycles. The fraction of sp³-hybridized carbons (Fsp3) is 0.200. The van der Waals surface area contributed by atoms with Gasteiger partial charge in [-0.1, -0.05) is 23.7 Å². The Morgan fingerprint density at radius 1 is 1.16 bits per heavy atom. The zero-order chi connectivity index (χ0) is 13.5. The molecule has 19 heavy (non-hydrogen) atoms.